The molecule has 0 aromatic rings. The van der Waals surface area contributed by atoms with Gasteiger partial charge in [0.05, 0.1) is 6.17 Å². The summed E-state index contributed by atoms with van der Waals surface area (Å²) in [6, 6.07) is 0. The monoisotopic (exact) mass is 284 g/mol. The molecule has 2 N–H and O–H groups in total. The smallest absolute Gasteiger partial charge is 0.0544 e. The van der Waals surface area contributed by atoms with Crippen molar-refractivity contribution in [2.75, 3.05) is 7.05 Å². The van der Waals surface area contributed by atoms with E-state index in [9.17, 15) is 0 Å². The highest BCUT2D eigenvalue weighted by atomic mass is 15.1. The Bertz CT molecular complexity index is 248. The number of hydrogen-bond acceptors (Lipinski definition) is 2. The lowest BCUT2D eigenvalue weighted by Gasteiger charge is -2.41. The quantitative estimate of drug-likeness (QED) is 0.742. The molecule has 5 atom stereocenters. The van der Waals surface area contributed by atoms with E-state index in [1.165, 1.54) is 6.42 Å². The molecule has 0 amide bonds. The van der Waals surface area contributed by atoms with Crippen LogP contribution in [0.5, 0.6) is 0 Å². The molecule has 122 valence electrons. The van der Waals surface area contributed by atoms with Crippen molar-refractivity contribution in [3.05, 3.63) is 0 Å². The van der Waals surface area contributed by atoms with E-state index in [0.29, 0.717) is 6.17 Å². The van der Waals surface area contributed by atoms with Crippen molar-refractivity contribution in [3.8, 4) is 0 Å². The van der Waals surface area contributed by atoms with E-state index in [-0.39, 0.29) is 5.54 Å². The van der Waals surface area contributed by atoms with Gasteiger partial charge in [0.15, 0.2) is 0 Å². The van der Waals surface area contributed by atoms with Crippen LogP contribution < -0.4 is 10.6 Å². The molecule has 0 aromatic carbocycles. The standard InChI is InChI=1S/C15H32N2.C3H8/c1-9-10(2)12(4)14(11(9)3)15(6,7)17-13(5)16-8;1-3-2/h9-14,16-17H,1-8H3;3H2,1-2H3. The van der Waals surface area contributed by atoms with E-state index in [4.69, 9.17) is 0 Å². The average molecular weight is 285 g/mol. The summed E-state index contributed by atoms with van der Waals surface area (Å²) in [5.41, 5.74) is 0.195. The second kappa shape index (κ2) is 8.38. The molecule has 2 heteroatoms. The summed E-state index contributed by atoms with van der Waals surface area (Å²) in [6.45, 7) is 20.9. The van der Waals surface area contributed by atoms with Crippen LogP contribution in [-0.4, -0.2) is 18.8 Å². The van der Waals surface area contributed by atoms with Gasteiger partial charge in [0.2, 0.25) is 0 Å². The molecule has 1 fully saturated rings. The van der Waals surface area contributed by atoms with Crippen LogP contribution in [0.3, 0.4) is 0 Å². The zero-order valence-corrected chi connectivity index (χ0v) is 15.7. The molecule has 0 radical (unpaired) electrons. The maximum absolute atomic E-state index is 3.74. The van der Waals surface area contributed by atoms with Crippen molar-refractivity contribution in [3.63, 3.8) is 0 Å². The Kier molecular flexibility index (Phi) is 8.35. The molecular weight excluding hydrogens is 244 g/mol. The summed E-state index contributed by atoms with van der Waals surface area (Å²) in [4.78, 5) is 0. The predicted molar refractivity (Wildman–Crippen MR) is 91.8 cm³/mol. The highest BCUT2D eigenvalue weighted by molar-refractivity contribution is 5.00. The van der Waals surface area contributed by atoms with Crippen LogP contribution in [0.1, 0.15) is 68.7 Å². The lowest BCUT2D eigenvalue weighted by molar-refractivity contribution is 0.143. The van der Waals surface area contributed by atoms with Crippen LogP contribution in [0.2, 0.25) is 0 Å². The first kappa shape index (κ1) is 19.9. The van der Waals surface area contributed by atoms with Gasteiger partial charge in [-0.25, -0.2) is 0 Å². The van der Waals surface area contributed by atoms with Crippen molar-refractivity contribution >= 4 is 0 Å². The maximum atomic E-state index is 3.74. The fraction of sp³-hybridized carbons (Fsp3) is 1.00. The molecule has 2 nitrogen and oxygen atoms in total. The summed E-state index contributed by atoms with van der Waals surface area (Å²) in [6.07, 6.45) is 1.62. The lowest BCUT2D eigenvalue weighted by Crippen LogP contribution is -2.56. The van der Waals surface area contributed by atoms with Gasteiger partial charge in [-0.2, -0.15) is 0 Å². The van der Waals surface area contributed by atoms with Crippen molar-refractivity contribution < 1.29 is 0 Å². The van der Waals surface area contributed by atoms with Crippen molar-refractivity contribution in [2.45, 2.75) is 80.4 Å². The Balaban J connectivity index is 0.00000110. The van der Waals surface area contributed by atoms with E-state index in [1.54, 1.807) is 0 Å². The Morgan fingerprint density at radius 2 is 1.25 bits per heavy atom. The van der Waals surface area contributed by atoms with Gasteiger partial charge in [-0.15, -0.1) is 0 Å². The minimum absolute atomic E-state index is 0.195. The highest BCUT2D eigenvalue weighted by Crippen LogP contribution is 2.49. The zero-order valence-electron chi connectivity index (χ0n) is 15.7. The second-order valence-electron chi connectivity index (χ2n) is 7.55. The number of rotatable bonds is 4. The van der Waals surface area contributed by atoms with Crippen LogP contribution >= 0.6 is 0 Å². The molecule has 0 saturated heterocycles. The van der Waals surface area contributed by atoms with E-state index in [1.807, 2.05) is 7.05 Å². The molecule has 1 aliphatic rings. The maximum Gasteiger partial charge on any atom is 0.0544 e. The van der Waals surface area contributed by atoms with Crippen molar-refractivity contribution in [1.29, 1.82) is 0 Å². The molecule has 20 heavy (non-hydrogen) atoms. The summed E-state index contributed by atoms with van der Waals surface area (Å²) in [7, 11) is 2.01. The summed E-state index contributed by atoms with van der Waals surface area (Å²) < 4.78 is 0. The summed E-state index contributed by atoms with van der Waals surface area (Å²) >= 11 is 0. The van der Waals surface area contributed by atoms with Crippen LogP contribution in [0, 0.1) is 29.6 Å². The third-order valence-corrected chi connectivity index (χ3v) is 5.48. The normalized spacial score (nSPS) is 35.4. The van der Waals surface area contributed by atoms with Gasteiger partial charge < -0.3 is 5.32 Å². The zero-order chi connectivity index (χ0) is 16.1. The van der Waals surface area contributed by atoms with Crippen molar-refractivity contribution in [1.82, 2.24) is 10.6 Å². The first-order valence-corrected chi connectivity index (χ1v) is 8.58. The Morgan fingerprint density at radius 1 is 0.900 bits per heavy atom. The Labute approximate surface area is 128 Å². The fourth-order valence-corrected chi connectivity index (χ4v) is 4.13. The molecule has 1 rings (SSSR count). The third kappa shape index (κ3) is 4.73. The molecular formula is C18H40N2. The minimum atomic E-state index is 0.195. The van der Waals surface area contributed by atoms with E-state index < -0.39 is 0 Å². The third-order valence-electron chi connectivity index (χ3n) is 5.48. The molecule has 5 unspecified atom stereocenters. The van der Waals surface area contributed by atoms with Gasteiger partial charge in [-0.05, 0) is 57.4 Å². The van der Waals surface area contributed by atoms with Crippen LogP contribution in [0.25, 0.3) is 0 Å². The highest BCUT2D eigenvalue weighted by Gasteiger charge is 2.48. The van der Waals surface area contributed by atoms with Crippen molar-refractivity contribution in [2.24, 2.45) is 29.6 Å². The molecule has 0 spiro atoms. The van der Waals surface area contributed by atoms with Gasteiger partial charge in [-0.1, -0.05) is 48.0 Å². The first-order valence-electron chi connectivity index (χ1n) is 8.58. The number of nitrogens with one attached hydrogen (secondary N) is 2. The summed E-state index contributed by atoms with van der Waals surface area (Å²) in [5.74, 6) is 4.02. The molecule has 1 saturated carbocycles. The van der Waals surface area contributed by atoms with Crippen LogP contribution in [0.15, 0.2) is 0 Å². The van der Waals surface area contributed by atoms with Crippen LogP contribution in [0.4, 0.5) is 0 Å². The van der Waals surface area contributed by atoms with E-state index >= 15 is 0 Å². The lowest BCUT2D eigenvalue weighted by atomic mass is 9.75. The van der Waals surface area contributed by atoms with Gasteiger partial charge in [0.25, 0.3) is 0 Å². The molecule has 0 aliphatic heterocycles. The van der Waals surface area contributed by atoms with Crippen LogP contribution in [-0.2, 0) is 0 Å². The SMILES string of the molecule is CCC.CNC(C)NC(C)(C)C1C(C)C(C)C(C)C1C. The summed E-state index contributed by atoms with van der Waals surface area (Å²) in [5, 5.41) is 7.02. The molecule has 0 aromatic heterocycles. The van der Waals surface area contributed by atoms with Gasteiger partial charge in [0.1, 0.15) is 0 Å². The van der Waals surface area contributed by atoms with Gasteiger partial charge in [0, 0.05) is 5.54 Å². The fourth-order valence-electron chi connectivity index (χ4n) is 4.13. The number of hydrogen-bond donors (Lipinski definition) is 2. The Morgan fingerprint density at radius 3 is 1.55 bits per heavy atom. The average Bonchev–Trinajstić information content (AvgIpc) is 2.54. The molecule has 0 heterocycles. The van der Waals surface area contributed by atoms with Gasteiger partial charge in [-0.3, -0.25) is 5.32 Å². The van der Waals surface area contributed by atoms with Gasteiger partial charge >= 0.3 is 0 Å². The topological polar surface area (TPSA) is 24.1 Å². The van der Waals surface area contributed by atoms with E-state index in [0.717, 1.165) is 29.6 Å². The molecule has 1 aliphatic carbocycles. The van der Waals surface area contributed by atoms with E-state index in [2.05, 4.69) is 72.9 Å². The first-order chi connectivity index (χ1) is 9.13. The molecule has 0 bridgehead atoms. The second-order valence-corrected chi connectivity index (χ2v) is 7.55. The minimum Gasteiger partial charge on any atom is -0.305 e. The predicted octanol–water partition coefficient (Wildman–Crippen LogP) is 4.51. The largest absolute Gasteiger partial charge is 0.305 e. The Hall–Kier alpha value is -0.0800.